The molecule has 0 aromatic heterocycles. The molecular formula is C15H11F2NO5S. The highest BCUT2D eigenvalue weighted by Gasteiger charge is 2.23. The van der Waals surface area contributed by atoms with Crippen LogP contribution in [0.15, 0.2) is 59.5 Å². The molecule has 0 saturated carbocycles. The van der Waals surface area contributed by atoms with Crippen LogP contribution in [0.5, 0.6) is 0 Å². The van der Waals surface area contributed by atoms with E-state index in [4.69, 9.17) is 0 Å². The summed E-state index contributed by atoms with van der Waals surface area (Å²) >= 11 is 0. The molecule has 0 amide bonds. The van der Waals surface area contributed by atoms with Gasteiger partial charge in [-0.05, 0) is 31.2 Å². The summed E-state index contributed by atoms with van der Waals surface area (Å²) in [5.74, 6) is -1.18. The van der Waals surface area contributed by atoms with Crippen molar-refractivity contribution in [2.45, 2.75) is 11.8 Å². The lowest BCUT2D eigenvalue weighted by atomic mass is 10.2. The summed E-state index contributed by atoms with van der Waals surface area (Å²) in [7, 11) is -4.47. The molecule has 6 nitrogen and oxygen atoms in total. The largest absolute Gasteiger partial charge is 0.373 e. The molecular weight excluding hydrogens is 344 g/mol. The van der Waals surface area contributed by atoms with Crippen molar-refractivity contribution in [3.8, 4) is 0 Å². The van der Waals surface area contributed by atoms with E-state index in [1.54, 1.807) is 6.92 Å². The van der Waals surface area contributed by atoms with Gasteiger partial charge in [0.2, 0.25) is 5.76 Å². The quantitative estimate of drug-likeness (QED) is 0.352. The maximum absolute atomic E-state index is 13.1. The predicted molar refractivity (Wildman–Crippen MR) is 81.7 cm³/mol. The van der Waals surface area contributed by atoms with Crippen molar-refractivity contribution >= 4 is 21.6 Å². The van der Waals surface area contributed by atoms with Crippen LogP contribution in [0.3, 0.4) is 0 Å². The zero-order valence-corrected chi connectivity index (χ0v) is 13.1. The Morgan fingerprint density at radius 2 is 1.58 bits per heavy atom. The van der Waals surface area contributed by atoms with Crippen LogP contribution in [0.4, 0.5) is 14.5 Å². The standard InChI is InChI=1S/C15H11F2NO5S/c1-10-2-8-13(9-3-10)24(21,22)23-14(15(16)17)11-4-6-12(7-5-11)18(19)20/h2-9H,1H3. The third kappa shape index (κ3) is 3.93. The molecule has 0 fully saturated rings. The summed E-state index contributed by atoms with van der Waals surface area (Å²) in [6.45, 7) is 1.74. The molecule has 0 bridgehead atoms. The van der Waals surface area contributed by atoms with E-state index in [2.05, 4.69) is 4.18 Å². The number of hydrogen-bond acceptors (Lipinski definition) is 5. The highest BCUT2D eigenvalue weighted by Crippen LogP contribution is 2.28. The number of benzene rings is 2. The van der Waals surface area contributed by atoms with Crippen LogP contribution in [-0.2, 0) is 14.3 Å². The van der Waals surface area contributed by atoms with Gasteiger partial charge in [-0.2, -0.15) is 17.2 Å². The van der Waals surface area contributed by atoms with Gasteiger partial charge in [-0.3, -0.25) is 10.1 Å². The highest BCUT2D eigenvalue weighted by molar-refractivity contribution is 7.87. The normalized spacial score (nSPS) is 11.0. The summed E-state index contributed by atoms with van der Waals surface area (Å²) in [6, 6.07) is 9.37. The zero-order valence-electron chi connectivity index (χ0n) is 12.3. The maximum Gasteiger partial charge on any atom is 0.339 e. The Labute approximate surface area is 136 Å². The first-order valence-corrected chi connectivity index (χ1v) is 7.93. The Morgan fingerprint density at radius 1 is 1.04 bits per heavy atom. The predicted octanol–water partition coefficient (Wildman–Crippen LogP) is 3.87. The Bertz CT molecular complexity index is 886. The van der Waals surface area contributed by atoms with Crippen LogP contribution in [-0.4, -0.2) is 13.3 Å². The average Bonchev–Trinajstić information content (AvgIpc) is 2.53. The van der Waals surface area contributed by atoms with Gasteiger partial charge in [0.15, 0.2) is 0 Å². The van der Waals surface area contributed by atoms with E-state index >= 15 is 0 Å². The van der Waals surface area contributed by atoms with Crippen molar-refractivity contribution in [3.05, 3.63) is 75.9 Å². The fourth-order valence-corrected chi connectivity index (χ4v) is 2.73. The molecule has 9 heteroatoms. The molecule has 24 heavy (non-hydrogen) atoms. The van der Waals surface area contributed by atoms with Gasteiger partial charge in [-0.25, -0.2) is 0 Å². The number of nitro groups is 1. The SMILES string of the molecule is Cc1ccc(S(=O)(=O)OC(=C(F)F)c2ccc([N+](=O)[O-])cc2)cc1. The molecule has 0 atom stereocenters. The number of nitro benzene ring substituents is 1. The molecule has 2 rings (SSSR count). The van der Waals surface area contributed by atoms with Gasteiger partial charge in [-0.15, -0.1) is 0 Å². The van der Waals surface area contributed by atoms with E-state index in [1.165, 1.54) is 24.3 Å². The molecule has 2 aromatic rings. The number of halogens is 2. The van der Waals surface area contributed by atoms with Crippen molar-refractivity contribution in [1.29, 1.82) is 0 Å². The van der Waals surface area contributed by atoms with Crippen molar-refractivity contribution < 1.29 is 26.3 Å². The molecule has 0 heterocycles. The minimum Gasteiger partial charge on any atom is -0.373 e. The van der Waals surface area contributed by atoms with E-state index in [0.29, 0.717) is 0 Å². The minimum absolute atomic E-state index is 0.284. The lowest BCUT2D eigenvalue weighted by Gasteiger charge is -2.10. The van der Waals surface area contributed by atoms with Gasteiger partial charge >= 0.3 is 16.2 Å². The maximum atomic E-state index is 13.1. The third-order valence-electron chi connectivity index (χ3n) is 3.01. The molecule has 126 valence electrons. The number of aryl methyl sites for hydroxylation is 1. The first-order valence-electron chi connectivity index (χ1n) is 6.52. The highest BCUT2D eigenvalue weighted by atomic mass is 32.2. The first kappa shape index (κ1) is 17.5. The van der Waals surface area contributed by atoms with E-state index in [9.17, 15) is 27.3 Å². The van der Waals surface area contributed by atoms with Crippen LogP contribution < -0.4 is 0 Å². The molecule has 0 radical (unpaired) electrons. The Balaban J connectivity index is 2.37. The fourth-order valence-electron chi connectivity index (χ4n) is 1.79. The first-order chi connectivity index (χ1) is 11.2. The summed E-state index contributed by atoms with van der Waals surface area (Å²) in [4.78, 5) is 9.59. The Kier molecular flexibility index (Phi) is 4.93. The zero-order chi connectivity index (χ0) is 17.9. The van der Waals surface area contributed by atoms with Crippen LogP contribution in [0.25, 0.3) is 5.76 Å². The number of non-ortho nitro benzene ring substituents is 1. The molecule has 0 N–H and O–H groups in total. The topological polar surface area (TPSA) is 86.5 Å². The molecule has 0 aliphatic heterocycles. The monoisotopic (exact) mass is 355 g/mol. The van der Waals surface area contributed by atoms with Gasteiger partial charge in [0, 0.05) is 17.7 Å². The molecule has 0 spiro atoms. The molecule has 0 unspecified atom stereocenters. The van der Waals surface area contributed by atoms with Gasteiger partial charge < -0.3 is 4.18 Å². The third-order valence-corrected chi connectivity index (χ3v) is 4.25. The van der Waals surface area contributed by atoms with E-state index in [1.807, 2.05) is 0 Å². The molecule has 0 aliphatic rings. The lowest BCUT2D eigenvalue weighted by Crippen LogP contribution is -2.07. The van der Waals surface area contributed by atoms with Crippen LogP contribution in [0, 0.1) is 17.0 Å². The van der Waals surface area contributed by atoms with E-state index in [-0.39, 0.29) is 16.1 Å². The van der Waals surface area contributed by atoms with Crippen LogP contribution in [0.2, 0.25) is 0 Å². The second-order valence-electron chi connectivity index (χ2n) is 4.74. The Hall–Kier alpha value is -2.81. The van der Waals surface area contributed by atoms with Crippen molar-refractivity contribution in [2.75, 3.05) is 0 Å². The number of rotatable bonds is 5. The smallest absolute Gasteiger partial charge is 0.339 e. The summed E-state index contributed by atoms with van der Waals surface area (Å²) in [6.07, 6.45) is -2.36. The van der Waals surface area contributed by atoms with Gasteiger partial charge in [0.25, 0.3) is 5.69 Å². The number of nitrogens with zero attached hydrogens (tertiary/aromatic N) is 1. The molecule has 0 aliphatic carbocycles. The summed E-state index contributed by atoms with van der Waals surface area (Å²) < 4.78 is 55.0. The number of hydrogen-bond donors (Lipinski definition) is 0. The van der Waals surface area contributed by atoms with Gasteiger partial charge in [0.05, 0.1) is 4.92 Å². The second-order valence-corrected chi connectivity index (χ2v) is 6.29. The van der Waals surface area contributed by atoms with Crippen molar-refractivity contribution in [3.63, 3.8) is 0 Å². The van der Waals surface area contributed by atoms with Crippen molar-refractivity contribution in [2.24, 2.45) is 0 Å². The van der Waals surface area contributed by atoms with E-state index in [0.717, 1.165) is 29.8 Å². The average molecular weight is 355 g/mol. The van der Waals surface area contributed by atoms with Crippen LogP contribution in [0.1, 0.15) is 11.1 Å². The minimum atomic E-state index is -4.47. The van der Waals surface area contributed by atoms with E-state index < -0.39 is 26.9 Å². The lowest BCUT2D eigenvalue weighted by molar-refractivity contribution is -0.384. The van der Waals surface area contributed by atoms with Crippen LogP contribution >= 0.6 is 0 Å². The van der Waals surface area contributed by atoms with Crippen molar-refractivity contribution in [1.82, 2.24) is 0 Å². The summed E-state index contributed by atoms with van der Waals surface area (Å²) in [5, 5.41) is 10.6. The molecule has 0 saturated heterocycles. The fraction of sp³-hybridized carbons (Fsp3) is 0.0667. The Morgan fingerprint density at radius 3 is 2.04 bits per heavy atom. The van der Waals surface area contributed by atoms with Gasteiger partial charge in [-0.1, -0.05) is 17.7 Å². The second kappa shape index (κ2) is 6.75. The van der Waals surface area contributed by atoms with Gasteiger partial charge in [0.1, 0.15) is 4.90 Å². The summed E-state index contributed by atoms with van der Waals surface area (Å²) in [5.41, 5.74) is 0.173. The molecule has 2 aromatic carbocycles.